The molecule has 1 aromatic heterocycles. The molecule has 0 bridgehead atoms. The van der Waals surface area contributed by atoms with Gasteiger partial charge >= 0.3 is 6.09 Å². The van der Waals surface area contributed by atoms with Gasteiger partial charge in [-0.25, -0.2) is 4.79 Å². The summed E-state index contributed by atoms with van der Waals surface area (Å²) in [6.45, 7) is 7.48. The Bertz CT molecular complexity index is 1170. The number of hydrogen-bond acceptors (Lipinski definition) is 4. The van der Waals surface area contributed by atoms with Gasteiger partial charge in [0.25, 0.3) is 5.91 Å². The monoisotopic (exact) mass is 418 g/mol. The Hall–Kier alpha value is -3.41. The highest BCUT2D eigenvalue weighted by atomic mass is 16.6. The van der Waals surface area contributed by atoms with E-state index in [4.69, 9.17) is 9.47 Å². The molecule has 3 aromatic rings. The van der Waals surface area contributed by atoms with Gasteiger partial charge in [-0.05, 0) is 45.0 Å². The Morgan fingerprint density at radius 1 is 1.13 bits per heavy atom. The Morgan fingerprint density at radius 3 is 2.55 bits per heavy atom. The molecule has 0 unspecified atom stereocenters. The minimum absolute atomic E-state index is 0.321. The van der Waals surface area contributed by atoms with Crippen LogP contribution in [0.5, 0.6) is 0 Å². The summed E-state index contributed by atoms with van der Waals surface area (Å²) in [5.74, 6) is -0.00963. The highest BCUT2D eigenvalue weighted by Gasteiger charge is 2.48. The van der Waals surface area contributed by atoms with Crippen LogP contribution in [0.4, 0.5) is 4.79 Å². The highest BCUT2D eigenvalue weighted by molar-refractivity contribution is 6.09. The molecule has 1 amide bonds. The maximum atomic E-state index is 13.1. The number of carbonyl (C=O) groups excluding carboxylic acids is 2. The van der Waals surface area contributed by atoms with E-state index in [9.17, 15) is 9.59 Å². The average Bonchev–Trinajstić information content (AvgIpc) is 3.29. The number of amides is 1. The van der Waals surface area contributed by atoms with Crippen molar-refractivity contribution in [1.82, 2.24) is 4.57 Å². The molecule has 0 spiro atoms. The summed E-state index contributed by atoms with van der Waals surface area (Å²) in [4.78, 5) is 30.1. The van der Waals surface area contributed by atoms with E-state index in [1.807, 2.05) is 82.3 Å². The van der Waals surface area contributed by atoms with E-state index in [1.165, 1.54) is 4.57 Å². The number of carbonyl (C=O) groups is 2. The first-order valence-electron chi connectivity index (χ1n) is 10.5. The molecule has 0 saturated heterocycles. The second-order valence-corrected chi connectivity index (χ2v) is 8.71. The van der Waals surface area contributed by atoms with Crippen LogP contribution in [0, 0.1) is 0 Å². The first kappa shape index (κ1) is 20.8. The smallest absolute Gasteiger partial charge is 0.418 e. The molecule has 6 nitrogen and oxygen atoms in total. The molecule has 31 heavy (non-hydrogen) atoms. The standard InChI is InChI=1S/C25H26N2O4/c1-5-14-25(22(28)26-21(30-25)18-9-7-6-8-10-18)19-12-11-17-13-15-27(20(17)16-19)23(29)31-24(2,3)4/h6-13,15-16H,5,14H2,1-4H3/t25-/m1/s1. The first-order valence-corrected chi connectivity index (χ1v) is 10.5. The largest absolute Gasteiger partial charge is 0.455 e. The quantitative estimate of drug-likeness (QED) is 0.567. The summed E-state index contributed by atoms with van der Waals surface area (Å²) in [6, 6.07) is 16.8. The molecule has 4 rings (SSSR count). The molecule has 0 fully saturated rings. The molecule has 6 heteroatoms. The van der Waals surface area contributed by atoms with Gasteiger partial charge in [0.1, 0.15) is 5.60 Å². The van der Waals surface area contributed by atoms with Crippen LogP contribution in [0.25, 0.3) is 10.9 Å². The summed E-state index contributed by atoms with van der Waals surface area (Å²) in [5.41, 5.74) is 0.262. The Morgan fingerprint density at radius 2 is 1.87 bits per heavy atom. The number of aromatic nitrogens is 1. The number of nitrogens with zero attached hydrogens (tertiary/aromatic N) is 2. The fourth-order valence-corrected chi connectivity index (χ4v) is 3.80. The van der Waals surface area contributed by atoms with E-state index in [2.05, 4.69) is 4.99 Å². The van der Waals surface area contributed by atoms with Crippen molar-refractivity contribution in [1.29, 1.82) is 0 Å². The molecule has 0 aliphatic carbocycles. The van der Waals surface area contributed by atoms with Crippen molar-refractivity contribution in [3.05, 3.63) is 71.9 Å². The van der Waals surface area contributed by atoms with Crippen molar-refractivity contribution >= 4 is 28.8 Å². The fourth-order valence-electron chi connectivity index (χ4n) is 3.80. The number of benzene rings is 2. The molecule has 1 atom stereocenters. The maximum absolute atomic E-state index is 13.1. The van der Waals surface area contributed by atoms with Gasteiger partial charge in [-0.15, -0.1) is 0 Å². The van der Waals surface area contributed by atoms with Crippen LogP contribution in [0.15, 0.2) is 65.8 Å². The van der Waals surface area contributed by atoms with Crippen LogP contribution in [0.1, 0.15) is 51.7 Å². The molecule has 2 aromatic carbocycles. The van der Waals surface area contributed by atoms with Gasteiger partial charge in [0.05, 0.1) is 5.52 Å². The minimum Gasteiger partial charge on any atom is -0.455 e. The van der Waals surface area contributed by atoms with Crippen molar-refractivity contribution in [2.24, 2.45) is 4.99 Å². The zero-order chi connectivity index (χ0) is 22.2. The zero-order valence-corrected chi connectivity index (χ0v) is 18.2. The maximum Gasteiger partial charge on any atom is 0.418 e. The third-order valence-corrected chi connectivity index (χ3v) is 5.19. The Kier molecular flexibility index (Phi) is 5.17. The summed E-state index contributed by atoms with van der Waals surface area (Å²) >= 11 is 0. The highest BCUT2D eigenvalue weighted by Crippen LogP contribution is 2.39. The topological polar surface area (TPSA) is 69.9 Å². The number of fused-ring (bicyclic) bond motifs is 1. The number of rotatable bonds is 4. The predicted molar refractivity (Wildman–Crippen MR) is 119 cm³/mol. The van der Waals surface area contributed by atoms with Crippen molar-refractivity contribution < 1.29 is 19.1 Å². The van der Waals surface area contributed by atoms with Crippen LogP contribution >= 0.6 is 0 Å². The zero-order valence-electron chi connectivity index (χ0n) is 18.2. The fraction of sp³-hybridized carbons (Fsp3) is 0.320. The number of aliphatic imine (C=N–C) groups is 1. The lowest BCUT2D eigenvalue weighted by molar-refractivity contribution is -0.132. The van der Waals surface area contributed by atoms with Gasteiger partial charge in [-0.1, -0.05) is 43.7 Å². The summed E-state index contributed by atoms with van der Waals surface area (Å²) < 4.78 is 13.2. The lowest BCUT2D eigenvalue weighted by Gasteiger charge is -2.27. The molecule has 160 valence electrons. The second kappa shape index (κ2) is 7.69. The van der Waals surface area contributed by atoms with Crippen molar-refractivity contribution in [3.63, 3.8) is 0 Å². The van der Waals surface area contributed by atoms with Crippen LogP contribution in [-0.2, 0) is 19.9 Å². The summed E-state index contributed by atoms with van der Waals surface area (Å²) in [7, 11) is 0. The second-order valence-electron chi connectivity index (χ2n) is 8.71. The molecule has 0 saturated carbocycles. The van der Waals surface area contributed by atoms with Crippen molar-refractivity contribution in [2.45, 2.75) is 51.7 Å². The molecule has 0 radical (unpaired) electrons. The normalized spacial score (nSPS) is 18.7. The SMILES string of the molecule is CCC[C@]1(c2ccc3ccn(C(=O)OC(C)(C)C)c3c2)OC(c2ccccc2)=NC1=O. The lowest BCUT2D eigenvalue weighted by atomic mass is 9.88. The third-order valence-electron chi connectivity index (χ3n) is 5.19. The van der Waals surface area contributed by atoms with Crippen LogP contribution in [-0.4, -0.2) is 28.1 Å². The van der Waals surface area contributed by atoms with Gasteiger partial charge in [-0.3, -0.25) is 9.36 Å². The van der Waals surface area contributed by atoms with E-state index in [1.54, 1.807) is 6.20 Å². The summed E-state index contributed by atoms with van der Waals surface area (Å²) in [6.07, 6.45) is 2.42. The van der Waals surface area contributed by atoms with Crippen LogP contribution < -0.4 is 0 Å². The number of ether oxygens (including phenoxy) is 2. The van der Waals surface area contributed by atoms with E-state index >= 15 is 0 Å². The lowest BCUT2D eigenvalue weighted by Crippen LogP contribution is -2.34. The first-order chi connectivity index (χ1) is 14.7. The third kappa shape index (κ3) is 3.85. The molecule has 1 aliphatic heterocycles. The van der Waals surface area contributed by atoms with Crippen LogP contribution in [0.3, 0.4) is 0 Å². The molecule has 2 heterocycles. The van der Waals surface area contributed by atoms with E-state index in [0.29, 0.717) is 23.4 Å². The van der Waals surface area contributed by atoms with Gasteiger partial charge in [0, 0.05) is 29.1 Å². The Balaban J connectivity index is 1.76. The van der Waals surface area contributed by atoms with Crippen molar-refractivity contribution in [2.75, 3.05) is 0 Å². The molecule has 0 N–H and O–H groups in total. The molecular formula is C25H26N2O4. The van der Waals surface area contributed by atoms with E-state index in [-0.39, 0.29) is 5.91 Å². The van der Waals surface area contributed by atoms with E-state index < -0.39 is 17.3 Å². The summed E-state index contributed by atoms with van der Waals surface area (Å²) in [5, 5.41) is 0.871. The van der Waals surface area contributed by atoms with Crippen LogP contribution in [0.2, 0.25) is 0 Å². The Labute approximate surface area is 181 Å². The molecular weight excluding hydrogens is 392 g/mol. The van der Waals surface area contributed by atoms with Gasteiger partial charge in [0.2, 0.25) is 11.5 Å². The molecule has 1 aliphatic rings. The average molecular weight is 418 g/mol. The van der Waals surface area contributed by atoms with Gasteiger partial charge in [-0.2, -0.15) is 4.99 Å². The predicted octanol–water partition coefficient (Wildman–Crippen LogP) is 5.42. The van der Waals surface area contributed by atoms with Gasteiger partial charge in [0.15, 0.2) is 0 Å². The van der Waals surface area contributed by atoms with Gasteiger partial charge < -0.3 is 9.47 Å². The van der Waals surface area contributed by atoms with Crippen molar-refractivity contribution in [3.8, 4) is 0 Å². The van der Waals surface area contributed by atoms with E-state index in [0.717, 1.165) is 17.4 Å². The number of hydrogen-bond donors (Lipinski definition) is 0. The minimum atomic E-state index is -1.21.